The second-order valence-electron chi connectivity index (χ2n) is 6.05. The molecule has 146 valence electrons. The maximum absolute atomic E-state index is 12.2. The highest BCUT2D eigenvalue weighted by Crippen LogP contribution is 2.17. The molecule has 0 fully saturated rings. The molecule has 0 spiro atoms. The fourth-order valence-electron chi connectivity index (χ4n) is 2.55. The van der Waals surface area contributed by atoms with Crippen molar-refractivity contribution in [1.29, 1.82) is 0 Å². The number of hydrogen-bond donors (Lipinski definition) is 3. The van der Waals surface area contributed by atoms with E-state index >= 15 is 0 Å². The molecule has 0 aliphatic rings. The summed E-state index contributed by atoms with van der Waals surface area (Å²) in [6, 6.07) is 13.1. The topological polar surface area (TPSA) is 134 Å². The first-order chi connectivity index (χ1) is 13.3. The number of aliphatic carboxylic acids is 1. The summed E-state index contributed by atoms with van der Waals surface area (Å²) in [5.74, 6) is -1.02. The molecule has 0 aliphatic carbocycles. The van der Waals surface area contributed by atoms with Crippen LogP contribution in [0.1, 0.15) is 17.3 Å². The molecule has 0 aliphatic heterocycles. The van der Waals surface area contributed by atoms with Gasteiger partial charge in [-0.05, 0) is 29.8 Å². The van der Waals surface area contributed by atoms with Crippen LogP contribution in [0.5, 0.6) is 5.75 Å². The average molecular weight is 402 g/mol. The minimum absolute atomic E-state index is 0.0874. The van der Waals surface area contributed by atoms with Gasteiger partial charge in [0.2, 0.25) is 10.0 Å². The van der Waals surface area contributed by atoms with Crippen LogP contribution in [-0.2, 0) is 27.8 Å². The Labute approximate surface area is 161 Å². The van der Waals surface area contributed by atoms with Gasteiger partial charge in [0.05, 0.1) is 23.3 Å². The Morgan fingerprint density at radius 2 is 1.79 bits per heavy atom. The Balaban J connectivity index is 1.70. The maximum Gasteiger partial charge on any atom is 0.328 e. The predicted molar refractivity (Wildman–Crippen MR) is 99.0 cm³/mol. The van der Waals surface area contributed by atoms with Crippen LogP contribution in [0.2, 0.25) is 0 Å². The normalized spacial score (nSPS) is 12.6. The van der Waals surface area contributed by atoms with E-state index in [1.165, 1.54) is 35.1 Å². The van der Waals surface area contributed by atoms with Crippen molar-refractivity contribution >= 4 is 16.0 Å². The van der Waals surface area contributed by atoms with Crippen molar-refractivity contribution in [3.05, 3.63) is 72.1 Å². The number of rotatable bonds is 8. The number of carbonyl (C=O) groups is 1. The van der Waals surface area contributed by atoms with Gasteiger partial charge in [0.15, 0.2) is 6.04 Å². The number of sulfonamides is 1. The first-order valence-corrected chi connectivity index (χ1v) is 9.79. The van der Waals surface area contributed by atoms with Crippen molar-refractivity contribution in [3.8, 4) is 5.75 Å². The zero-order chi connectivity index (χ0) is 20.1. The van der Waals surface area contributed by atoms with Crippen LogP contribution in [0.25, 0.3) is 0 Å². The maximum atomic E-state index is 12.2. The van der Waals surface area contributed by atoms with Gasteiger partial charge in [0.25, 0.3) is 0 Å². The van der Waals surface area contributed by atoms with E-state index in [9.17, 15) is 23.4 Å². The number of aromatic nitrogens is 3. The van der Waals surface area contributed by atoms with E-state index in [2.05, 4.69) is 15.0 Å². The summed E-state index contributed by atoms with van der Waals surface area (Å²) in [5.41, 5.74) is 0.989. The zero-order valence-electron chi connectivity index (χ0n) is 14.6. The average Bonchev–Trinajstić information content (AvgIpc) is 3.15. The smallest absolute Gasteiger partial charge is 0.328 e. The van der Waals surface area contributed by atoms with E-state index in [4.69, 9.17) is 0 Å². The standard InChI is InChI=1S/C18H18N4O5S/c23-15-8-6-13(7-9-15)10-17(18(24)25)22-12-14(20-21-22)11-19-28(26,27)16-4-2-1-3-5-16/h1-9,12,17,19,23H,10-11H2,(H,24,25). The first kappa shape index (κ1) is 19.5. The highest BCUT2D eigenvalue weighted by Gasteiger charge is 2.22. The Kier molecular flexibility index (Phi) is 5.71. The molecule has 2 aromatic carbocycles. The van der Waals surface area contributed by atoms with Gasteiger partial charge in [-0.25, -0.2) is 22.6 Å². The molecule has 9 nitrogen and oxygen atoms in total. The number of aromatic hydroxyl groups is 1. The molecular weight excluding hydrogens is 384 g/mol. The minimum atomic E-state index is -3.71. The van der Waals surface area contributed by atoms with Crippen LogP contribution in [0, 0.1) is 0 Å². The summed E-state index contributed by atoms with van der Waals surface area (Å²) in [7, 11) is -3.71. The third-order valence-electron chi connectivity index (χ3n) is 4.02. The van der Waals surface area contributed by atoms with Gasteiger partial charge in [0.1, 0.15) is 5.75 Å². The van der Waals surface area contributed by atoms with Crippen molar-refractivity contribution in [2.75, 3.05) is 0 Å². The number of nitrogens with zero attached hydrogens (tertiary/aromatic N) is 3. The molecule has 28 heavy (non-hydrogen) atoms. The van der Waals surface area contributed by atoms with Gasteiger partial charge in [-0.3, -0.25) is 0 Å². The molecule has 3 N–H and O–H groups in total. The quantitative estimate of drug-likeness (QED) is 0.517. The summed E-state index contributed by atoms with van der Waals surface area (Å²) in [6.45, 7) is -0.122. The van der Waals surface area contributed by atoms with Crippen LogP contribution < -0.4 is 4.72 Å². The van der Waals surface area contributed by atoms with E-state index in [0.717, 1.165) is 0 Å². The Hall–Kier alpha value is -3.24. The van der Waals surface area contributed by atoms with E-state index in [-0.39, 0.29) is 29.3 Å². The lowest BCUT2D eigenvalue weighted by Crippen LogP contribution is -2.23. The van der Waals surface area contributed by atoms with Crippen LogP contribution in [0.3, 0.4) is 0 Å². The van der Waals surface area contributed by atoms with E-state index in [1.54, 1.807) is 30.3 Å². The summed E-state index contributed by atoms with van der Waals surface area (Å²) < 4.78 is 28.1. The highest BCUT2D eigenvalue weighted by atomic mass is 32.2. The lowest BCUT2D eigenvalue weighted by molar-refractivity contribution is -0.141. The molecule has 1 aromatic heterocycles. The lowest BCUT2D eigenvalue weighted by atomic mass is 10.1. The summed E-state index contributed by atoms with van der Waals surface area (Å²) in [4.78, 5) is 11.8. The second kappa shape index (κ2) is 8.19. The molecule has 3 rings (SSSR count). The Morgan fingerprint density at radius 1 is 1.11 bits per heavy atom. The van der Waals surface area contributed by atoms with Gasteiger partial charge in [-0.15, -0.1) is 5.10 Å². The number of nitrogens with one attached hydrogen (secondary N) is 1. The van der Waals surface area contributed by atoms with Crippen molar-refractivity contribution in [3.63, 3.8) is 0 Å². The molecule has 0 saturated heterocycles. The molecular formula is C18H18N4O5S. The first-order valence-electron chi connectivity index (χ1n) is 8.31. The van der Waals surface area contributed by atoms with Crippen molar-refractivity contribution < 1.29 is 23.4 Å². The number of benzene rings is 2. The molecule has 3 aromatic rings. The van der Waals surface area contributed by atoms with Crippen LogP contribution in [0.4, 0.5) is 0 Å². The molecule has 0 amide bonds. The molecule has 0 saturated carbocycles. The van der Waals surface area contributed by atoms with Crippen LogP contribution in [0.15, 0.2) is 65.7 Å². The third kappa shape index (κ3) is 4.72. The molecule has 0 bridgehead atoms. The van der Waals surface area contributed by atoms with Crippen LogP contribution >= 0.6 is 0 Å². The van der Waals surface area contributed by atoms with E-state index in [1.807, 2.05) is 0 Å². The lowest BCUT2D eigenvalue weighted by Gasteiger charge is -2.12. The fraction of sp³-hybridized carbons (Fsp3) is 0.167. The van der Waals surface area contributed by atoms with Crippen molar-refractivity contribution in [2.24, 2.45) is 0 Å². The van der Waals surface area contributed by atoms with Crippen LogP contribution in [-0.4, -0.2) is 39.6 Å². The van der Waals surface area contributed by atoms with Crippen molar-refractivity contribution in [2.45, 2.75) is 23.9 Å². The van der Waals surface area contributed by atoms with Crippen molar-refractivity contribution in [1.82, 2.24) is 19.7 Å². The number of phenols is 1. The summed E-state index contributed by atoms with van der Waals surface area (Å²) in [5, 5.41) is 26.5. The van der Waals surface area contributed by atoms with Gasteiger partial charge >= 0.3 is 5.97 Å². The molecule has 10 heteroatoms. The van der Waals surface area contributed by atoms with Gasteiger partial charge in [-0.2, -0.15) is 0 Å². The highest BCUT2D eigenvalue weighted by molar-refractivity contribution is 7.89. The third-order valence-corrected chi connectivity index (χ3v) is 5.44. The predicted octanol–water partition coefficient (Wildman–Crippen LogP) is 1.33. The number of carboxylic acids is 1. The molecule has 1 atom stereocenters. The largest absolute Gasteiger partial charge is 0.508 e. The summed E-state index contributed by atoms with van der Waals surface area (Å²) >= 11 is 0. The second-order valence-corrected chi connectivity index (χ2v) is 7.82. The van der Waals surface area contributed by atoms with Gasteiger partial charge in [-0.1, -0.05) is 35.5 Å². The van der Waals surface area contributed by atoms with Gasteiger partial charge in [0, 0.05) is 6.42 Å². The Bertz CT molecular complexity index is 1050. The SMILES string of the molecule is O=C(O)C(Cc1ccc(O)cc1)n1cc(CNS(=O)(=O)c2ccccc2)nn1. The Morgan fingerprint density at radius 3 is 2.43 bits per heavy atom. The molecule has 0 radical (unpaired) electrons. The zero-order valence-corrected chi connectivity index (χ0v) is 15.5. The minimum Gasteiger partial charge on any atom is -0.508 e. The monoisotopic (exact) mass is 402 g/mol. The molecule has 1 heterocycles. The van der Waals surface area contributed by atoms with Gasteiger partial charge < -0.3 is 10.2 Å². The number of hydrogen-bond acceptors (Lipinski definition) is 6. The van der Waals surface area contributed by atoms with E-state index in [0.29, 0.717) is 5.56 Å². The van der Waals surface area contributed by atoms with E-state index < -0.39 is 22.0 Å². The number of phenolic OH excluding ortho intramolecular Hbond substituents is 1. The summed E-state index contributed by atoms with van der Waals surface area (Å²) in [6.07, 6.45) is 1.53. The number of carboxylic acid groups (broad SMARTS) is 1. The fourth-order valence-corrected chi connectivity index (χ4v) is 3.57. The molecule has 1 unspecified atom stereocenters.